The molecule has 0 spiro atoms. The number of hydrogen-bond acceptors (Lipinski definition) is 5. The Morgan fingerprint density at radius 1 is 1.17 bits per heavy atom. The van der Waals surface area contributed by atoms with Crippen LogP contribution < -0.4 is 4.74 Å². The number of hydrogen-bond donors (Lipinski definition) is 2. The van der Waals surface area contributed by atoms with E-state index in [1.807, 2.05) is 12.1 Å². The van der Waals surface area contributed by atoms with Crippen LogP contribution in [-0.2, 0) is 26.8 Å². The zero-order valence-electron chi connectivity index (χ0n) is 21.5. The molecule has 36 heavy (non-hydrogen) atoms. The zero-order valence-corrected chi connectivity index (χ0v) is 22.3. The van der Waals surface area contributed by atoms with Gasteiger partial charge in [0.1, 0.15) is 5.75 Å². The van der Waals surface area contributed by atoms with Crippen LogP contribution in [-0.4, -0.2) is 44.0 Å². The molecule has 1 aromatic rings. The number of carbonyl (C=O) groups excluding carboxylic acids is 1. The molecule has 0 aromatic heterocycles. The van der Waals surface area contributed by atoms with Crippen molar-refractivity contribution in [3.63, 3.8) is 0 Å². The smallest absolute Gasteiger partial charge is 0.336 e. The fourth-order valence-electron chi connectivity index (χ4n) is 7.29. The molecule has 0 aliphatic heterocycles. The van der Waals surface area contributed by atoms with Crippen molar-refractivity contribution >= 4 is 22.7 Å². The number of unbranched alkanes of at least 4 members (excludes halogenated alkanes) is 1. The van der Waals surface area contributed by atoms with Crippen LogP contribution in [0.1, 0.15) is 82.3 Å². The maximum Gasteiger partial charge on any atom is 0.336 e. The second-order valence-electron chi connectivity index (χ2n) is 11.2. The predicted octanol–water partition coefficient (Wildman–Crippen LogP) is 5.00. The standard InChI is InChI=1S/C29H40O6S/c1-3-4-15-36(34)16-5-6-19-17-20-18-21(35-27(33)12-11-26(31)32)7-8-22(20)23-13-14-29(2)24(28(19)23)9-10-25(29)30/h7-8,11-12,18-19,23-25,28,30H,3-6,9-10,13-17H2,1-2H3,(H,31,32)/b12-11+/t19-,23-,24+,25+,28-,29+,36?/m1/s1. The van der Waals surface area contributed by atoms with Crippen molar-refractivity contribution in [2.75, 3.05) is 11.5 Å². The molecule has 3 aliphatic carbocycles. The third-order valence-corrected chi connectivity index (χ3v) is 10.6. The summed E-state index contributed by atoms with van der Waals surface area (Å²) in [5, 5.41) is 19.6. The maximum atomic E-state index is 12.4. The number of esters is 1. The van der Waals surface area contributed by atoms with E-state index >= 15 is 0 Å². The van der Waals surface area contributed by atoms with Gasteiger partial charge in [-0.05, 0) is 104 Å². The second kappa shape index (κ2) is 11.6. The van der Waals surface area contributed by atoms with E-state index < -0.39 is 22.7 Å². The van der Waals surface area contributed by atoms with Crippen molar-refractivity contribution in [3.8, 4) is 5.75 Å². The van der Waals surface area contributed by atoms with Crippen molar-refractivity contribution in [3.05, 3.63) is 41.5 Å². The van der Waals surface area contributed by atoms with Crippen LogP contribution >= 0.6 is 0 Å². The van der Waals surface area contributed by atoms with Crippen LogP contribution in [0.15, 0.2) is 30.4 Å². The normalized spacial score (nSPS) is 31.9. The van der Waals surface area contributed by atoms with Crippen molar-refractivity contribution in [1.82, 2.24) is 0 Å². The van der Waals surface area contributed by atoms with E-state index in [4.69, 9.17) is 9.84 Å². The number of carboxylic acid groups (broad SMARTS) is 1. The number of ether oxygens (including phenoxy) is 1. The Bertz CT molecular complexity index is 1020. The van der Waals surface area contributed by atoms with Crippen LogP contribution in [0, 0.1) is 23.2 Å². The largest absolute Gasteiger partial charge is 0.478 e. The Labute approximate surface area is 217 Å². The second-order valence-corrected chi connectivity index (χ2v) is 12.9. The van der Waals surface area contributed by atoms with Gasteiger partial charge in [-0.2, -0.15) is 0 Å². The van der Waals surface area contributed by atoms with Gasteiger partial charge < -0.3 is 14.9 Å². The van der Waals surface area contributed by atoms with Gasteiger partial charge in [-0.25, -0.2) is 9.59 Å². The highest BCUT2D eigenvalue weighted by Gasteiger charge is 2.56. The molecule has 3 aliphatic rings. The highest BCUT2D eigenvalue weighted by atomic mass is 32.2. The number of aliphatic carboxylic acids is 1. The number of rotatable bonds is 10. The molecule has 2 saturated carbocycles. The van der Waals surface area contributed by atoms with E-state index in [0.717, 1.165) is 81.4 Å². The van der Waals surface area contributed by atoms with Gasteiger partial charge in [0.2, 0.25) is 0 Å². The van der Waals surface area contributed by atoms with Crippen LogP contribution in [0.4, 0.5) is 0 Å². The lowest BCUT2D eigenvalue weighted by atomic mass is 9.52. The predicted molar refractivity (Wildman–Crippen MR) is 140 cm³/mol. The maximum absolute atomic E-state index is 12.4. The van der Waals surface area contributed by atoms with E-state index in [2.05, 4.69) is 19.9 Å². The summed E-state index contributed by atoms with van der Waals surface area (Å²) in [7, 11) is -0.760. The van der Waals surface area contributed by atoms with Crippen molar-refractivity contribution < 1.29 is 28.7 Å². The van der Waals surface area contributed by atoms with E-state index in [1.165, 1.54) is 11.1 Å². The Morgan fingerprint density at radius 3 is 2.69 bits per heavy atom. The molecular weight excluding hydrogens is 476 g/mol. The molecule has 0 radical (unpaired) electrons. The molecule has 1 unspecified atom stereocenters. The monoisotopic (exact) mass is 516 g/mol. The van der Waals surface area contributed by atoms with Crippen molar-refractivity contribution in [1.29, 1.82) is 0 Å². The third-order valence-electron chi connectivity index (χ3n) is 9.08. The van der Waals surface area contributed by atoms with Crippen LogP contribution in [0.5, 0.6) is 5.75 Å². The Morgan fingerprint density at radius 2 is 1.94 bits per heavy atom. The SMILES string of the molecule is CCCCS(=O)CCC[C@@H]1Cc2cc(OC(=O)/C=C/C(=O)O)ccc2[C@H]2CC[C@]3(C)[C@@H](O)CC[C@H]3[C@H]12. The van der Waals surface area contributed by atoms with Gasteiger partial charge in [0, 0.05) is 34.5 Å². The number of fused-ring (bicyclic) bond motifs is 5. The summed E-state index contributed by atoms with van der Waals surface area (Å²) >= 11 is 0. The average molecular weight is 517 g/mol. The Kier molecular flexibility index (Phi) is 8.71. The minimum Gasteiger partial charge on any atom is -0.478 e. The first-order chi connectivity index (χ1) is 17.2. The molecule has 2 fully saturated rings. The minimum absolute atomic E-state index is 0.0210. The van der Waals surface area contributed by atoms with Gasteiger partial charge >= 0.3 is 11.9 Å². The van der Waals surface area contributed by atoms with Crippen LogP contribution in [0.3, 0.4) is 0 Å². The van der Waals surface area contributed by atoms with Crippen molar-refractivity contribution in [2.45, 2.75) is 83.7 Å². The summed E-state index contributed by atoms with van der Waals surface area (Å²) in [4.78, 5) is 22.7. The molecule has 0 heterocycles. The number of aliphatic hydroxyl groups is 1. The summed E-state index contributed by atoms with van der Waals surface area (Å²) in [5.74, 6) is 1.94. The van der Waals surface area contributed by atoms with E-state index in [-0.39, 0.29) is 11.5 Å². The van der Waals surface area contributed by atoms with Gasteiger partial charge in [0.15, 0.2) is 0 Å². The van der Waals surface area contributed by atoms with E-state index in [9.17, 15) is 18.9 Å². The number of carboxylic acids is 1. The summed E-state index contributed by atoms with van der Waals surface area (Å²) in [6.45, 7) is 4.41. The number of carbonyl (C=O) groups is 2. The third kappa shape index (κ3) is 5.77. The number of benzene rings is 1. The molecule has 0 saturated heterocycles. The van der Waals surface area contributed by atoms with E-state index in [0.29, 0.717) is 29.4 Å². The fraction of sp³-hybridized carbons (Fsp3) is 0.655. The molecule has 7 atom stereocenters. The van der Waals surface area contributed by atoms with Gasteiger partial charge in [0.25, 0.3) is 0 Å². The van der Waals surface area contributed by atoms with Crippen molar-refractivity contribution in [2.24, 2.45) is 23.2 Å². The van der Waals surface area contributed by atoms with Gasteiger partial charge in [-0.3, -0.25) is 4.21 Å². The summed E-state index contributed by atoms with van der Waals surface area (Å²) in [6.07, 6.45) is 10.4. The van der Waals surface area contributed by atoms with Gasteiger partial charge in [-0.15, -0.1) is 0 Å². The molecule has 4 rings (SSSR count). The molecule has 2 N–H and O–H groups in total. The van der Waals surface area contributed by atoms with Crippen LogP contribution in [0.2, 0.25) is 0 Å². The topological polar surface area (TPSA) is 101 Å². The first-order valence-electron chi connectivity index (χ1n) is 13.5. The fourth-order valence-corrected chi connectivity index (χ4v) is 8.59. The van der Waals surface area contributed by atoms with Gasteiger partial charge in [-0.1, -0.05) is 26.3 Å². The Balaban J connectivity index is 1.55. The zero-order chi connectivity index (χ0) is 25.9. The molecule has 7 heteroatoms. The first-order valence-corrected chi connectivity index (χ1v) is 15.0. The molecular formula is C29H40O6S. The van der Waals surface area contributed by atoms with Crippen LogP contribution in [0.25, 0.3) is 0 Å². The molecule has 198 valence electrons. The highest BCUT2D eigenvalue weighted by molar-refractivity contribution is 7.84. The molecule has 0 amide bonds. The Hall–Kier alpha value is -1.99. The lowest BCUT2D eigenvalue weighted by Gasteiger charge is -2.53. The molecule has 1 aromatic carbocycles. The quantitative estimate of drug-likeness (QED) is 0.258. The van der Waals surface area contributed by atoms with Gasteiger partial charge in [0.05, 0.1) is 6.10 Å². The molecule has 6 nitrogen and oxygen atoms in total. The van der Waals surface area contributed by atoms with E-state index in [1.54, 1.807) is 0 Å². The first kappa shape index (κ1) is 27.1. The summed E-state index contributed by atoms with van der Waals surface area (Å²) in [6, 6.07) is 5.85. The summed E-state index contributed by atoms with van der Waals surface area (Å²) < 4.78 is 17.8. The average Bonchev–Trinajstić information content (AvgIpc) is 3.15. The molecule has 0 bridgehead atoms. The summed E-state index contributed by atoms with van der Waals surface area (Å²) in [5.41, 5.74) is 2.50. The lowest BCUT2D eigenvalue weighted by molar-refractivity contribution is -0.133. The minimum atomic E-state index is -1.19. The number of aliphatic hydroxyl groups excluding tert-OH is 1. The lowest BCUT2D eigenvalue weighted by Crippen LogP contribution is -2.47. The highest BCUT2D eigenvalue weighted by Crippen LogP contribution is 2.62.